The van der Waals surface area contributed by atoms with E-state index in [1.54, 1.807) is 23.6 Å². The first-order chi connectivity index (χ1) is 18.4. The molecule has 0 aliphatic carbocycles. The van der Waals surface area contributed by atoms with Gasteiger partial charge in [-0.1, -0.05) is 45.0 Å². The number of nitrogens with zero attached hydrogens (tertiary/aromatic N) is 3. The van der Waals surface area contributed by atoms with Crippen molar-refractivity contribution in [1.29, 1.82) is 0 Å². The van der Waals surface area contributed by atoms with E-state index in [4.69, 9.17) is 13.7 Å². The fraction of sp³-hybridized carbons (Fsp3) is 0.321. The van der Waals surface area contributed by atoms with E-state index in [0.29, 0.717) is 27.5 Å². The number of hydrogen-bond donors (Lipinski definition) is 0. The maximum absolute atomic E-state index is 12.7. The molecule has 0 saturated heterocycles. The van der Waals surface area contributed by atoms with Gasteiger partial charge in [0.2, 0.25) is 0 Å². The first kappa shape index (κ1) is 28.4. The molecule has 7 nitrogen and oxygen atoms in total. The van der Waals surface area contributed by atoms with Crippen LogP contribution < -0.4 is 4.74 Å². The molecule has 0 saturated carbocycles. The van der Waals surface area contributed by atoms with Gasteiger partial charge in [-0.3, -0.25) is 9.55 Å². The van der Waals surface area contributed by atoms with Gasteiger partial charge in [0.15, 0.2) is 18.5 Å². The van der Waals surface area contributed by atoms with Crippen LogP contribution in [0.25, 0.3) is 11.0 Å². The van der Waals surface area contributed by atoms with Gasteiger partial charge in [0.05, 0.1) is 34.3 Å². The third kappa shape index (κ3) is 7.30. The van der Waals surface area contributed by atoms with Crippen molar-refractivity contribution in [2.24, 2.45) is 0 Å². The SMILES string of the molecule is Cc1c(OCC(F)(F)F)ccnc1COSc1nc2ccccc2n1COC(=O)c1ccc(C(C)(C)C)cc1. The Morgan fingerprint density at radius 1 is 1.03 bits per heavy atom. The molecule has 0 N–H and O–H groups in total. The number of benzene rings is 2. The minimum absolute atomic E-state index is 0.0111. The quantitative estimate of drug-likeness (QED) is 0.161. The summed E-state index contributed by atoms with van der Waals surface area (Å²) in [5.41, 5.74) is 3.82. The standard InChI is InChI=1S/C28H28F3N3O4S/c1-18-22(32-14-13-24(18)36-16-28(29,30)31)15-38-39-26-33-21-7-5-6-8-23(21)34(26)17-37-25(35)19-9-11-20(12-10-19)27(2,3)4/h5-14H,15-17H2,1-4H3. The smallest absolute Gasteiger partial charge is 0.422 e. The molecule has 0 radical (unpaired) electrons. The van der Waals surface area contributed by atoms with Crippen LogP contribution in [0.5, 0.6) is 5.75 Å². The van der Waals surface area contributed by atoms with E-state index in [1.807, 2.05) is 36.4 Å². The number of carbonyl (C=O) groups excluding carboxylic acids is 1. The zero-order chi connectivity index (χ0) is 28.2. The van der Waals surface area contributed by atoms with E-state index in [2.05, 4.69) is 30.7 Å². The summed E-state index contributed by atoms with van der Waals surface area (Å²) in [6, 6.07) is 16.1. The molecule has 0 atom stereocenters. The monoisotopic (exact) mass is 559 g/mol. The molecule has 0 aliphatic rings. The highest BCUT2D eigenvalue weighted by Gasteiger charge is 2.29. The minimum Gasteiger partial charge on any atom is -0.484 e. The Bertz CT molecular complexity index is 1450. The summed E-state index contributed by atoms with van der Waals surface area (Å²) in [5.74, 6) is -0.388. The van der Waals surface area contributed by atoms with E-state index < -0.39 is 18.8 Å². The van der Waals surface area contributed by atoms with Gasteiger partial charge >= 0.3 is 12.1 Å². The van der Waals surface area contributed by atoms with Crippen LogP contribution in [-0.2, 0) is 27.7 Å². The summed E-state index contributed by atoms with van der Waals surface area (Å²) < 4.78 is 55.6. The molecule has 2 aromatic carbocycles. The summed E-state index contributed by atoms with van der Waals surface area (Å²) in [6.45, 7) is 6.42. The van der Waals surface area contributed by atoms with Crippen LogP contribution in [0, 0.1) is 6.92 Å². The van der Waals surface area contributed by atoms with Gasteiger partial charge < -0.3 is 13.7 Å². The predicted octanol–water partition coefficient (Wildman–Crippen LogP) is 7.02. The molecule has 2 aromatic heterocycles. The number of imidazole rings is 1. The largest absolute Gasteiger partial charge is 0.484 e. The first-order valence-corrected chi connectivity index (χ1v) is 12.8. The Balaban J connectivity index is 1.44. The number of aromatic nitrogens is 3. The molecule has 0 spiro atoms. The van der Waals surface area contributed by atoms with Crippen molar-refractivity contribution in [2.75, 3.05) is 6.61 Å². The number of alkyl halides is 3. The van der Waals surface area contributed by atoms with Gasteiger partial charge in [-0.25, -0.2) is 9.78 Å². The highest BCUT2D eigenvalue weighted by molar-refractivity contribution is 7.94. The van der Waals surface area contributed by atoms with Crippen LogP contribution in [0.3, 0.4) is 0 Å². The normalized spacial score (nSPS) is 12.1. The second-order valence-corrected chi connectivity index (χ2v) is 10.6. The lowest BCUT2D eigenvalue weighted by Gasteiger charge is -2.19. The van der Waals surface area contributed by atoms with E-state index in [0.717, 1.165) is 23.1 Å². The number of pyridine rings is 1. The van der Waals surface area contributed by atoms with Crippen LogP contribution in [0.2, 0.25) is 0 Å². The number of esters is 1. The Morgan fingerprint density at radius 3 is 2.44 bits per heavy atom. The maximum Gasteiger partial charge on any atom is 0.422 e. The van der Waals surface area contributed by atoms with E-state index in [-0.39, 0.29) is 24.5 Å². The van der Waals surface area contributed by atoms with Gasteiger partial charge in [0.1, 0.15) is 12.4 Å². The van der Waals surface area contributed by atoms with Crippen LogP contribution in [0.1, 0.15) is 48.0 Å². The molecule has 4 rings (SSSR count). The number of para-hydroxylation sites is 2. The molecule has 0 fully saturated rings. The number of hydrogen-bond acceptors (Lipinski definition) is 7. The molecule has 11 heteroatoms. The summed E-state index contributed by atoms with van der Waals surface area (Å²) in [4.78, 5) is 21.5. The van der Waals surface area contributed by atoms with Gasteiger partial charge in [-0.05, 0) is 48.2 Å². The number of rotatable bonds is 9. The Morgan fingerprint density at radius 2 is 1.74 bits per heavy atom. The second-order valence-electron chi connectivity index (χ2n) is 9.83. The molecule has 0 bridgehead atoms. The molecule has 0 unspecified atom stereocenters. The first-order valence-electron chi connectivity index (χ1n) is 12.1. The van der Waals surface area contributed by atoms with Crippen molar-refractivity contribution in [3.63, 3.8) is 0 Å². The van der Waals surface area contributed by atoms with Crippen LogP contribution in [-0.4, -0.2) is 33.3 Å². The highest BCUT2D eigenvalue weighted by atomic mass is 32.2. The van der Waals surface area contributed by atoms with E-state index in [9.17, 15) is 18.0 Å². The average molecular weight is 560 g/mol. The fourth-order valence-electron chi connectivity index (χ4n) is 3.71. The van der Waals surface area contributed by atoms with Crippen LogP contribution in [0.15, 0.2) is 66.0 Å². The third-order valence-corrected chi connectivity index (χ3v) is 6.61. The third-order valence-electron chi connectivity index (χ3n) is 5.91. The van der Waals surface area contributed by atoms with Gasteiger partial charge in [-0.2, -0.15) is 13.2 Å². The van der Waals surface area contributed by atoms with Crippen molar-refractivity contribution in [1.82, 2.24) is 14.5 Å². The van der Waals surface area contributed by atoms with Gasteiger partial charge in [-0.15, -0.1) is 0 Å². The topological polar surface area (TPSA) is 75.5 Å². The number of ether oxygens (including phenoxy) is 2. The summed E-state index contributed by atoms with van der Waals surface area (Å²) in [6.07, 6.45) is -3.08. The summed E-state index contributed by atoms with van der Waals surface area (Å²) in [7, 11) is 0. The lowest BCUT2D eigenvalue weighted by atomic mass is 9.87. The summed E-state index contributed by atoms with van der Waals surface area (Å²) >= 11 is 0.952. The molecule has 2 heterocycles. The summed E-state index contributed by atoms with van der Waals surface area (Å²) in [5, 5.41) is 0.439. The van der Waals surface area contributed by atoms with E-state index in [1.165, 1.54) is 12.3 Å². The van der Waals surface area contributed by atoms with Gasteiger partial charge in [0, 0.05) is 11.8 Å². The lowest BCUT2D eigenvalue weighted by molar-refractivity contribution is -0.153. The second kappa shape index (κ2) is 11.7. The molecule has 206 valence electrons. The van der Waals surface area contributed by atoms with Crippen LogP contribution >= 0.6 is 12.0 Å². The zero-order valence-corrected chi connectivity index (χ0v) is 22.7. The Hall–Kier alpha value is -3.57. The minimum atomic E-state index is -4.44. The van der Waals surface area contributed by atoms with Crippen molar-refractivity contribution >= 4 is 29.0 Å². The van der Waals surface area contributed by atoms with E-state index >= 15 is 0 Å². The molecule has 0 amide bonds. The molecule has 4 aromatic rings. The predicted molar refractivity (Wildman–Crippen MR) is 141 cm³/mol. The van der Waals surface area contributed by atoms with Gasteiger partial charge in [0.25, 0.3) is 0 Å². The van der Waals surface area contributed by atoms with Crippen LogP contribution in [0.4, 0.5) is 13.2 Å². The highest BCUT2D eigenvalue weighted by Crippen LogP contribution is 2.28. The maximum atomic E-state index is 12.7. The Labute approximate surface area is 228 Å². The molecule has 0 aliphatic heterocycles. The van der Waals surface area contributed by atoms with Crippen molar-refractivity contribution in [3.05, 3.63) is 83.2 Å². The average Bonchev–Trinajstić information content (AvgIpc) is 3.24. The fourth-order valence-corrected chi connectivity index (χ4v) is 4.37. The number of halogens is 3. The molecule has 39 heavy (non-hydrogen) atoms. The number of fused-ring (bicyclic) bond motifs is 1. The number of carbonyl (C=O) groups is 1. The molecular weight excluding hydrogens is 531 g/mol. The zero-order valence-electron chi connectivity index (χ0n) is 21.9. The lowest BCUT2D eigenvalue weighted by Crippen LogP contribution is -2.19. The van der Waals surface area contributed by atoms with Crippen molar-refractivity contribution in [2.45, 2.75) is 57.8 Å². The molecular formula is C28H28F3N3O4S. The Kier molecular flexibility index (Phi) is 8.51. The van der Waals surface area contributed by atoms with Crippen molar-refractivity contribution < 1.29 is 31.6 Å². The van der Waals surface area contributed by atoms with Crippen molar-refractivity contribution in [3.8, 4) is 5.75 Å².